The molecule has 0 aromatic carbocycles. The molecule has 0 aliphatic carbocycles. The van der Waals surface area contributed by atoms with E-state index in [-0.39, 0.29) is 0 Å². The Bertz CT molecular complexity index is 201. The normalized spacial score (nSPS) is 25.2. The Kier molecular flexibility index (Phi) is 5.67. The van der Waals surface area contributed by atoms with Crippen LogP contribution in [0.4, 0.5) is 0 Å². The van der Waals surface area contributed by atoms with Gasteiger partial charge >= 0.3 is 0 Å². The number of hydrogen-bond acceptors (Lipinski definition) is 5. The number of rotatable bonds is 5. The summed E-state index contributed by atoms with van der Waals surface area (Å²) in [7, 11) is 0. The fourth-order valence-electron chi connectivity index (χ4n) is 2.63. The van der Waals surface area contributed by atoms with Gasteiger partial charge < -0.3 is 20.6 Å². The summed E-state index contributed by atoms with van der Waals surface area (Å²) in [5.41, 5.74) is 0. The molecule has 0 radical (unpaired) electrons. The maximum absolute atomic E-state index is 8.89. The average molecular weight is 242 g/mol. The minimum atomic E-state index is 0.291. The Morgan fingerprint density at radius 3 is 2.41 bits per heavy atom. The fraction of sp³-hybridized carbons (Fsp3) is 1.00. The van der Waals surface area contributed by atoms with Gasteiger partial charge in [0.15, 0.2) is 0 Å². The van der Waals surface area contributed by atoms with Crippen LogP contribution in [0, 0.1) is 0 Å². The highest BCUT2D eigenvalue weighted by Crippen LogP contribution is 2.09. The molecule has 2 fully saturated rings. The summed E-state index contributed by atoms with van der Waals surface area (Å²) < 4.78 is 0. The van der Waals surface area contributed by atoms with E-state index < -0.39 is 0 Å². The number of nitrogens with zero attached hydrogens (tertiary/aromatic N) is 2. The zero-order chi connectivity index (χ0) is 11.9. The third-order valence-electron chi connectivity index (χ3n) is 3.82. The highest BCUT2D eigenvalue weighted by atomic mass is 16.3. The van der Waals surface area contributed by atoms with E-state index in [1.807, 2.05) is 0 Å². The lowest BCUT2D eigenvalue weighted by Gasteiger charge is -2.34. The molecule has 100 valence electrons. The van der Waals surface area contributed by atoms with Crippen molar-refractivity contribution in [2.24, 2.45) is 0 Å². The molecule has 0 bridgehead atoms. The lowest BCUT2D eigenvalue weighted by atomic mass is 10.1. The summed E-state index contributed by atoms with van der Waals surface area (Å²) in [5, 5.41) is 15.9. The monoisotopic (exact) mass is 242 g/mol. The van der Waals surface area contributed by atoms with Gasteiger partial charge in [0.2, 0.25) is 0 Å². The van der Waals surface area contributed by atoms with Gasteiger partial charge in [-0.05, 0) is 25.9 Å². The Morgan fingerprint density at radius 1 is 1.06 bits per heavy atom. The van der Waals surface area contributed by atoms with Gasteiger partial charge in [-0.3, -0.25) is 4.90 Å². The van der Waals surface area contributed by atoms with Crippen LogP contribution in [-0.4, -0.2) is 80.0 Å². The summed E-state index contributed by atoms with van der Waals surface area (Å²) >= 11 is 0. The van der Waals surface area contributed by atoms with Crippen LogP contribution in [-0.2, 0) is 0 Å². The minimum absolute atomic E-state index is 0.291. The quantitative estimate of drug-likeness (QED) is 0.571. The minimum Gasteiger partial charge on any atom is -0.395 e. The van der Waals surface area contributed by atoms with Crippen LogP contribution in [0.3, 0.4) is 0 Å². The molecule has 2 saturated heterocycles. The molecule has 0 unspecified atom stereocenters. The van der Waals surface area contributed by atoms with Crippen molar-refractivity contribution in [1.29, 1.82) is 0 Å². The van der Waals surface area contributed by atoms with Crippen molar-refractivity contribution in [2.45, 2.75) is 18.9 Å². The number of nitrogens with one attached hydrogen (secondary N) is 2. The standard InChI is InChI=1S/C12H26N4O/c17-10-9-15-5-1-12(2-6-15)14-11-16-7-3-13-4-8-16/h12-14,17H,1-11H2. The van der Waals surface area contributed by atoms with Crippen LogP contribution in [0.1, 0.15) is 12.8 Å². The summed E-state index contributed by atoms with van der Waals surface area (Å²) in [6.45, 7) is 8.98. The highest BCUT2D eigenvalue weighted by Gasteiger charge is 2.19. The molecule has 0 amide bonds. The number of piperazine rings is 1. The van der Waals surface area contributed by atoms with Crippen LogP contribution in [0.15, 0.2) is 0 Å². The largest absolute Gasteiger partial charge is 0.395 e. The first-order valence-corrected chi connectivity index (χ1v) is 6.88. The van der Waals surface area contributed by atoms with Gasteiger partial charge in [-0.2, -0.15) is 0 Å². The average Bonchev–Trinajstić information content (AvgIpc) is 2.40. The van der Waals surface area contributed by atoms with Crippen LogP contribution in [0.25, 0.3) is 0 Å². The van der Waals surface area contributed by atoms with Crippen LogP contribution < -0.4 is 10.6 Å². The molecule has 0 atom stereocenters. The molecule has 3 N–H and O–H groups in total. The number of piperidine rings is 1. The van der Waals surface area contributed by atoms with E-state index in [0.717, 1.165) is 52.5 Å². The molecule has 5 nitrogen and oxygen atoms in total. The van der Waals surface area contributed by atoms with Gasteiger partial charge in [0.05, 0.1) is 6.61 Å². The van der Waals surface area contributed by atoms with Gasteiger partial charge in [-0.1, -0.05) is 0 Å². The molecular weight excluding hydrogens is 216 g/mol. The van der Waals surface area contributed by atoms with Crippen molar-refractivity contribution < 1.29 is 5.11 Å². The molecule has 2 rings (SSSR count). The number of aliphatic hydroxyl groups is 1. The maximum atomic E-state index is 8.89. The molecule has 0 spiro atoms. The Hall–Kier alpha value is -0.200. The predicted octanol–water partition coefficient (Wildman–Crippen LogP) is -1.10. The first-order chi connectivity index (χ1) is 8.38. The number of hydrogen-bond donors (Lipinski definition) is 3. The predicted molar refractivity (Wildman–Crippen MR) is 69.0 cm³/mol. The summed E-state index contributed by atoms with van der Waals surface area (Å²) in [6.07, 6.45) is 2.43. The Morgan fingerprint density at radius 2 is 1.76 bits per heavy atom. The summed E-state index contributed by atoms with van der Waals surface area (Å²) in [5.74, 6) is 0. The SMILES string of the molecule is OCCN1CCC(NCN2CCNCC2)CC1. The molecule has 0 aromatic heterocycles. The topological polar surface area (TPSA) is 50.8 Å². The van der Waals surface area contributed by atoms with Gasteiger partial charge in [-0.15, -0.1) is 0 Å². The van der Waals surface area contributed by atoms with E-state index in [1.165, 1.54) is 12.8 Å². The van der Waals surface area contributed by atoms with Crippen LogP contribution >= 0.6 is 0 Å². The van der Waals surface area contributed by atoms with Gasteiger partial charge in [0.1, 0.15) is 0 Å². The van der Waals surface area contributed by atoms with E-state index in [2.05, 4.69) is 20.4 Å². The van der Waals surface area contributed by atoms with E-state index in [4.69, 9.17) is 5.11 Å². The van der Waals surface area contributed by atoms with Crippen molar-refractivity contribution in [3.8, 4) is 0 Å². The van der Waals surface area contributed by atoms with E-state index >= 15 is 0 Å². The molecule has 2 aliphatic heterocycles. The van der Waals surface area contributed by atoms with Gasteiger partial charge in [-0.25, -0.2) is 0 Å². The van der Waals surface area contributed by atoms with Crippen molar-refractivity contribution in [3.05, 3.63) is 0 Å². The first kappa shape index (κ1) is 13.2. The van der Waals surface area contributed by atoms with Gasteiger partial charge in [0, 0.05) is 45.4 Å². The van der Waals surface area contributed by atoms with E-state index in [1.54, 1.807) is 0 Å². The Labute approximate surface area is 104 Å². The second-order valence-electron chi connectivity index (χ2n) is 5.07. The smallest absolute Gasteiger partial charge is 0.0558 e. The number of aliphatic hydroxyl groups excluding tert-OH is 1. The second-order valence-corrected chi connectivity index (χ2v) is 5.07. The third-order valence-corrected chi connectivity index (χ3v) is 3.82. The second kappa shape index (κ2) is 7.28. The number of β-amino-alcohol motifs (C(OH)–C–C–N with tert-alkyl or cyclic N) is 1. The lowest BCUT2D eigenvalue weighted by Crippen LogP contribution is -2.51. The molecule has 0 aromatic rings. The third kappa shape index (κ3) is 4.52. The van der Waals surface area contributed by atoms with Crippen LogP contribution in [0.2, 0.25) is 0 Å². The zero-order valence-electron chi connectivity index (χ0n) is 10.7. The lowest BCUT2D eigenvalue weighted by molar-refractivity contribution is 0.143. The molecule has 2 aliphatic rings. The van der Waals surface area contributed by atoms with Crippen molar-refractivity contribution in [2.75, 3.05) is 59.1 Å². The Balaban J connectivity index is 1.57. The number of likely N-dealkylation sites (tertiary alicyclic amines) is 1. The highest BCUT2D eigenvalue weighted by molar-refractivity contribution is 4.77. The summed E-state index contributed by atoms with van der Waals surface area (Å²) in [4.78, 5) is 4.83. The summed E-state index contributed by atoms with van der Waals surface area (Å²) in [6, 6.07) is 0.667. The van der Waals surface area contributed by atoms with E-state index in [9.17, 15) is 0 Å². The fourth-order valence-corrected chi connectivity index (χ4v) is 2.63. The van der Waals surface area contributed by atoms with Crippen molar-refractivity contribution in [1.82, 2.24) is 20.4 Å². The van der Waals surface area contributed by atoms with E-state index in [0.29, 0.717) is 12.6 Å². The van der Waals surface area contributed by atoms with Crippen molar-refractivity contribution in [3.63, 3.8) is 0 Å². The molecule has 2 heterocycles. The van der Waals surface area contributed by atoms with Crippen molar-refractivity contribution >= 4 is 0 Å². The maximum Gasteiger partial charge on any atom is 0.0558 e. The zero-order valence-corrected chi connectivity index (χ0v) is 10.7. The molecular formula is C12H26N4O. The van der Waals surface area contributed by atoms with Crippen LogP contribution in [0.5, 0.6) is 0 Å². The molecule has 17 heavy (non-hydrogen) atoms. The van der Waals surface area contributed by atoms with Gasteiger partial charge in [0.25, 0.3) is 0 Å². The molecule has 5 heteroatoms. The first-order valence-electron chi connectivity index (χ1n) is 6.88. The molecule has 0 saturated carbocycles.